The van der Waals surface area contributed by atoms with Crippen molar-refractivity contribution in [1.29, 1.82) is 0 Å². The third-order valence-corrected chi connectivity index (χ3v) is 9.01. The van der Waals surface area contributed by atoms with Crippen LogP contribution in [-0.2, 0) is 19.1 Å². The summed E-state index contributed by atoms with van der Waals surface area (Å²) in [4.78, 5) is 63.6. The van der Waals surface area contributed by atoms with Gasteiger partial charge in [0.2, 0.25) is 17.7 Å². The molecule has 13 nitrogen and oxygen atoms in total. The number of aromatic nitrogens is 4. The van der Waals surface area contributed by atoms with Gasteiger partial charge >= 0.3 is 6.09 Å². The third-order valence-electron chi connectivity index (χ3n) is 6.76. The van der Waals surface area contributed by atoms with Crippen LogP contribution in [0.4, 0.5) is 4.79 Å². The van der Waals surface area contributed by atoms with Crippen LogP contribution in [0.25, 0.3) is 20.0 Å². The number of ether oxygens (including phenoxy) is 1. The molecule has 0 saturated carbocycles. The molecule has 2 fully saturated rings. The summed E-state index contributed by atoms with van der Waals surface area (Å²) in [5.74, 6) is 6.07. The van der Waals surface area contributed by atoms with E-state index in [0.717, 1.165) is 68.1 Å². The minimum absolute atomic E-state index is 0.0303. The molecule has 0 aliphatic carbocycles. The summed E-state index contributed by atoms with van der Waals surface area (Å²) < 4.78 is 6.86. The molecule has 51 heavy (non-hydrogen) atoms. The van der Waals surface area contributed by atoms with Gasteiger partial charge in [0.05, 0.1) is 54.2 Å². The average Bonchev–Trinajstić information content (AvgIpc) is 3.95. The number of hydrogen-bond acceptors (Lipinski definition) is 9. The van der Waals surface area contributed by atoms with E-state index in [2.05, 4.69) is 87.0 Å². The van der Waals surface area contributed by atoms with Crippen molar-refractivity contribution in [3.63, 3.8) is 0 Å². The van der Waals surface area contributed by atoms with Gasteiger partial charge in [0.1, 0.15) is 12.2 Å². The van der Waals surface area contributed by atoms with Gasteiger partial charge in [-0.1, -0.05) is 40.5 Å². The zero-order valence-corrected chi connectivity index (χ0v) is 32.2. The second-order valence-electron chi connectivity index (χ2n) is 11.5. The minimum Gasteiger partial charge on any atom is -0.453 e. The van der Waals surface area contributed by atoms with Gasteiger partial charge in [-0.3, -0.25) is 14.4 Å². The van der Waals surface area contributed by atoms with E-state index in [0.29, 0.717) is 0 Å². The molecule has 4 N–H and O–H groups in total. The number of fused-ring (bicyclic) bond motifs is 1. The molecule has 0 bridgehead atoms. The van der Waals surface area contributed by atoms with Crippen LogP contribution in [0.2, 0.25) is 0 Å². The first-order valence-corrected chi connectivity index (χ1v) is 18.9. The molecular formula is C36H52N8O5S2. The fourth-order valence-corrected chi connectivity index (χ4v) is 6.67. The number of likely N-dealkylation sites (tertiary alicyclic amines) is 2. The van der Waals surface area contributed by atoms with E-state index in [4.69, 9.17) is 0 Å². The van der Waals surface area contributed by atoms with Crippen molar-refractivity contribution >= 4 is 55.9 Å². The van der Waals surface area contributed by atoms with Crippen LogP contribution in [0.1, 0.15) is 83.7 Å². The predicted molar refractivity (Wildman–Crippen MR) is 205 cm³/mol. The molecule has 6 heterocycles. The number of rotatable bonds is 5. The molecule has 6 rings (SSSR count). The molecule has 0 radical (unpaired) electrons. The van der Waals surface area contributed by atoms with Crippen LogP contribution >= 0.6 is 22.7 Å². The van der Waals surface area contributed by atoms with Gasteiger partial charge in [-0.25, -0.2) is 14.8 Å². The molecule has 4 aromatic heterocycles. The van der Waals surface area contributed by atoms with Gasteiger partial charge in [-0.2, -0.15) is 0 Å². The van der Waals surface area contributed by atoms with Crippen molar-refractivity contribution in [3.05, 3.63) is 47.8 Å². The topological polar surface area (TPSA) is 165 Å². The van der Waals surface area contributed by atoms with Gasteiger partial charge in [0, 0.05) is 42.5 Å². The van der Waals surface area contributed by atoms with Crippen LogP contribution in [0.3, 0.4) is 0 Å². The molecule has 0 unspecified atom stereocenters. The first-order chi connectivity index (χ1) is 24.6. The summed E-state index contributed by atoms with van der Waals surface area (Å²) in [6.45, 7) is 13.4. The number of nitrogens with one attached hydrogen (secondary N) is 4. The lowest BCUT2D eigenvalue weighted by atomic mass is 10.3. The van der Waals surface area contributed by atoms with Gasteiger partial charge < -0.3 is 35.1 Å². The van der Waals surface area contributed by atoms with Crippen molar-refractivity contribution in [1.82, 2.24) is 40.4 Å². The summed E-state index contributed by atoms with van der Waals surface area (Å²) in [5.41, 5.74) is 1.89. The average molecular weight is 741 g/mol. The number of thiophene rings is 2. The van der Waals surface area contributed by atoms with Crippen LogP contribution in [0, 0.1) is 11.8 Å². The second-order valence-corrected chi connectivity index (χ2v) is 13.6. The Morgan fingerprint density at radius 2 is 1.31 bits per heavy atom. The van der Waals surface area contributed by atoms with E-state index < -0.39 is 6.09 Å². The molecule has 15 heteroatoms. The second kappa shape index (κ2) is 24.5. The summed E-state index contributed by atoms with van der Waals surface area (Å²) in [7, 11) is 1.27. The first-order valence-electron chi connectivity index (χ1n) is 17.3. The number of carbonyl (C=O) groups excluding carboxylic acids is 4. The van der Waals surface area contributed by atoms with Gasteiger partial charge in [0.15, 0.2) is 0 Å². The summed E-state index contributed by atoms with van der Waals surface area (Å²) >= 11 is 3.46. The lowest BCUT2D eigenvalue weighted by Gasteiger charge is -2.14. The van der Waals surface area contributed by atoms with Crippen molar-refractivity contribution in [3.8, 4) is 22.4 Å². The van der Waals surface area contributed by atoms with Gasteiger partial charge in [-0.05, 0) is 49.7 Å². The number of hydrogen-bond donors (Lipinski definition) is 4. The number of methoxy groups -OCH3 is 1. The first kappa shape index (κ1) is 42.5. The highest BCUT2D eigenvalue weighted by Crippen LogP contribution is 2.37. The maximum absolute atomic E-state index is 11.3. The minimum atomic E-state index is -0.562. The zero-order valence-electron chi connectivity index (χ0n) is 30.6. The van der Waals surface area contributed by atoms with E-state index in [9.17, 15) is 19.2 Å². The highest BCUT2D eigenvalue weighted by Gasteiger charge is 2.18. The summed E-state index contributed by atoms with van der Waals surface area (Å²) in [6, 6.07) is 4.31. The molecule has 0 spiro atoms. The Morgan fingerprint density at radius 1 is 0.784 bits per heavy atom. The third kappa shape index (κ3) is 16.3. The monoisotopic (exact) mass is 740 g/mol. The highest BCUT2D eigenvalue weighted by molar-refractivity contribution is 7.29. The van der Waals surface area contributed by atoms with Gasteiger partial charge in [-0.15, -0.1) is 22.7 Å². The lowest BCUT2D eigenvalue weighted by molar-refractivity contribution is -0.131. The number of amides is 4. The summed E-state index contributed by atoms with van der Waals surface area (Å²) in [6.07, 6.45) is 13.1. The Hall–Kier alpha value is -4.68. The zero-order chi connectivity index (χ0) is 37.4. The molecule has 2 saturated heterocycles. The Bertz CT molecular complexity index is 1610. The van der Waals surface area contributed by atoms with Crippen molar-refractivity contribution in [2.45, 2.75) is 73.1 Å². The van der Waals surface area contributed by atoms with Crippen LogP contribution < -0.4 is 10.6 Å². The van der Waals surface area contributed by atoms with Crippen LogP contribution in [0.5, 0.6) is 0 Å². The number of nitrogens with zero attached hydrogens (tertiary/aromatic N) is 4. The smallest absolute Gasteiger partial charge is 0.407 e. The molecule has 2 aliphatic rings. The number of alkyl carbamates (subject to hydrolysis) is 1. The highest BCUT2D eigenvalue weighted by atomic mass is 32.1. The van der Waals surface area contributed by atoms with Crippen molar-refractivity contribution in [2.75, 3.05) is 46.4 Å². The van der Waals surface area contributed by atoms with Crippen LogP contribution in [-0.4, -0.2) is 99.9 Å². The number of carbonyl (C=O) groups is 4. The Balaban J connectivity index is 0.000000256. The number of imidazole rings is 2. The van der Waals surface area contributed by atoms with E-state index in [-0.39, 0.29) is 30.8 Å². The standard InChI is InChI=1S/C14H8N4S2.C8H14N2O3.C8H14N2O2.2C3H8/c1(9-5-15-7-17-9)2-10-3-13-14(19-10)4-12(20-13)11-6-16-8-18-11;1-13-8(12)9-6-7(11)10-4-2-3-5-10;1-7(11)9-6-8(12)10-4-2-3-5-10;2*1-3-2/h3-8H,(H,15,17)(H,16,18);2-6H2,1H3,(H,9,12);2-6H2,1H3,(H,9,11);2*3H2,1-2H3. The molecule has 0 aromatic carbocycles. The molecule has 2 aliphatic heterocycles. The number of aromatic amines is 2. The maximum Gasteiger partial charge on any atom is 0.407 e. The summed E-state index contributed by atoms with van der Waals surface area (Å²) in [5, 5.41) is 4.85. The van der Waals surface area contributed by atoms with Crippen LogP contribution in [0.15, 0.2) is 37.2 Å². The largest absolute Gasteiger partial charge is 0.453 e. The predicted octanol–water partition coefficient (Wildman–Crippen LogP) is 6.02. The van der Waals surface area contributed by atoms with E-state index in [1.54, 1.807) is 51.3 Å². The van der Waals surface area contributed by atoms with E-state index in [1.165, 1.54) is 41.2 Å². The lowest BCUT2D eigenvalue weighted by Crippen LogP contribution is -2.38. The quantitative estimate of drug-likeness (QED) is 0.182. The molecule has 278 valence electrons. The van der Waals surface area contributed by atoms with Gasteiger partial charge in [0.25, 0.3) is 0 Å². The van der Waals surface area contributed by atoms with Crippen molar-refractivity contribution in [2.24, 2.45) is 0 Å². The molecular weight excluding hydrogens is 689 g/mol. The number of H-pyrrole nitrogens is 2. The fraction of sp³-hybridized carbons (Fsp3) is 0.500. The maximum atomic E-state index is 11.3. The Labute approximate surface area is 309 Å². The SMILES string of the molecule is C(#Cc1cc2sc(-c3cnc[nH]3)cc2s1)c1cnc[nH]1.CC(=O)NCC(=O)N1CCCC1.CCC.CCC.COC(=O)NCC(=O)N1CCCC1. The molecule has 4 aromatic rings. The Morgan fingerprint density at radius 3 is 1.78 bits per heavy atom. The molecule has 0 atom stereocenters. The van der Waals surface area contributed by atoms with E-state index >= 15 is 0 Å². The normalized spacial score (nSPS) is 12.7. The van der Waals surface area contributed by atoms with Crippen molar-refractivity contribution < 1.29 is 23.9 Å². The molecule has 4 amide bonds. The van der Waals surface area contributed by atoms with E-state index in [1.807, 2.05) is 6.20 Å². The fourth-order valence-electron chi connectivity index (χ4n) is 4.45. The Kier molecular flexibility index (Phi) is 20.4.